The van der Waals surface area contributed by atoms with E-state index in [1.807, 2.05) is 0 Å². The van der Waals surface area contributed by atoms with Crippen LogP contribution in [-0.4, -0.2) is 83.8 Å². The van der Waals surface area contributed by atoms with Crippen molar-refractivity contribution in [2.45, 2.75) is 46.6 Å². The highest BCUT2D eigenvalue weighted by atomic mass is 32.2. The average molecular weight is 405 g/mol. The Morgan fingerprint density at radius 1 is 1.22 bits per heavy atom. The van der Waals surface area contributed by atoms with E-state index in [1.165, 1.54) is 6.26 Å². The predicted octanol–water partition coefficient (Wildman–Crippen LogP) is 1.36. The third-order valence-electron chi connectivity index (χ3n) is 4.92. The third kappa shape index (κ3) is 10.9. The van der Waals surface area contributed by atoms with Gasteiger partial charge in [-0.1, -0.05) is 27.7 Å². The van der Waals surface area contributed by atoms with Gasteiger partial charge in [0.05, 0.1) is 19.0 Å². The molecule has 1 atom stereocenters. The van der Waals surface area contributed by atoms with Gasteiger partial charge in [-0.25, -0.2) is 8.42 Å². The minimum absolute atomic E-state index is 0.123. The molecule has 1 aliphatic rings. The van der Waals surface area contributed by atoms with Crippen molar-refractivity contribution in [3.63, 3.8) is 0 Å². The molecule has 2 N–H and O–H groups in total. The van der Waals surface area contributed by atoms with Crippen LogP contribution in [0.15, 0.2) is 4.99 Å². The Bertz CT molecular complexity index is 555. The maximum absolute atomic E-state index is 11.4. The molecule has 7 nitrogen and oxygen atoms in total. The summed E-state index contributed by atoms with van der Waals surface area (Å²) >= 11 is 0. The van der Waals surface area contributed by atoms with E-state index in [4.69, 9.17) is 4.74 Å². The van der Waals surface area contributed by atoms with E-state index in [0.29, 0.717) is 24.9 Å². The number of hydrogen-bond donors (Lipinski definition) is 2. The highest BCUT2D eigenvalue weighted by molar-refractivity contribution is 7.90. The molecule has 0 saturated carbocycles. The molecule has 0 bridgehead atoms. The van der Waals surface area contributed by atoms with Crippen molar-refractivity contribution in [2.75, 3.05) is 58.4 Å². The zero-order chi connectivity index (χ0) is 20.5. The summed E-state index contributed by atoms with van der Waals surface area (Å²) in [5.74, 6) is 1.61. The lowest BCUT2D eigenvalue weighted by atomic mass is 9.90. The fraction of sp³-hybridized carbons (Fsp3) is 0.947. The molecule has 0 spiro atoms. The van der Waals surface area contributed by atoms with E-state index in [9.17, 15) is 8.42 Å². The number of aliphatic imine (C=N–C) groups is 1. The minimum Gasteiger partial charge on any atom is -0.379 e. The zero-order valence-corrected chi connectivity index (χ0v) is 18.9. The lowest BCUT2D eigenvalue weighted by Gasteiger charge is -2.36. The van der Waals surface area contributed by atoms with Gasteiger partial charge in [0, 0.05) is 45.5 Å². The first-order chi connectivity index (χ1) is 12.5. The molecular formula is C19H40N4O3S. The van der Waals surface area contributed by atoms with E-state index in [1.54, 1.807) is 7.05 Å². The normalized spacial score (nSPS) is 18.6. The molecule has 1 heterocycles. The fourth-order valence-electron chi connectivity index (χ4n) is 3.16. The summed E-state index contributed by atoms with van der Waals surface area (Å²) in [6.07, 6.45) is 3.04. The number of ether oxygens (including phenoxy) is 1. The highest BCUT2D eigenvalue weighted by Crippen LogP contribution is 2.19. The van der Waals surface area contributed by atoms with Crippen molar-refractivity contribution in [3.05, 3.63) is 0 Å². The van der Waals surface area contributed by atoms with Crippen LogP contribution < -0.4 is 10.6 Å². The number of nitrogens with zero attached hydrogens (tertiary/aromatic N) is 2. The van der Waals surface area contributed by atoms with Crippen molar-refractivity contribution in [1.82, 2.24) is 15.5 Å². The maximum Gasteiger partial charge on any atom is 0.191 e. The molecule has 27 heavy (non-hydrogen) atoms. The summed E-state index contributed by atoms with van der Waals surface area (Å²) in [6.45, 7) is 13.7. The molecule has 0 aromatic carbocycles. The Kier molecular flexibility index (Phi) is 10.0. The molecule has 1 rings (SSSR count). The van der Waals surface area contributed by atoms with Crippen molar-refractivity contribution in [1.29, 1.82) is 0 Å². The zero-order valence-electron chi connectivity index (χ0n) is 18.0. The molecule has 8 heteroatoms. The Balaban J connectivity index is 2.52. The van der Waals surface area contributed by atoms with Gasteiger partial charge in [-0.3, -0.25) is 9.89 Å². The quantitative estimate of drug-likeness (QED) is 0.423. The maximum atomic E-state index is 11.4. The number of hydrogen-bond acceptors (Lipinski definition) is 5. The van der Waals surface area contributed by atoms with Gasteiger partial charge in [0.15, 0.2) is 5.96 Å². The standard InChI is InChI=1S/C19H40N4O3S/c1-16(2)13-17(23-8-10-26-11-9-23)14-21-18(20-5)22-15-19(3,4)7-12-27(6,24)25/h16-17H,7-15H2,1-6H3,(H2,20,21,22). The van der Waals surface area contributed by atoms with Crippen LogP contribution in [-0.2, 0) is 14.6 Å². The Morgan fingerprint density at radius 2 is 1.85 bits per heavy atom. The van der Waals surface area contributed by atoms with Crippen LogP contribution >= 0.6 is 0 Å². The highest BCUT2D eigenvalue weighted by Gasteiger charge is 2.23. The third-order valence-corrected chi connectivity index (χ3v) is 5.86. The molecule has 0 radical (unpaired) electrons. The molecule has 1 fully saturated rings. The molecule has 0 aliphatic carbocycles. The Labute approximate surface area is 166 Å². The molecule has 0 aromatic rings. The molecule has 0 aromatic heterocycles. The van der Waals surface area contributed by atoms with Gasteiger partial charge in [0.2, 0.25) is 0 Å². The first-order valence-corrected chi connectivity index (χ1v) is 12.0. The van der Waals surface area contributed by atoms with Crippen molar-refractivity contribution in [3.8, 4) is 0 Å². The second kappa shape index (κ2) is 11.2. The van der Waals surface area contributed by atoms with Gasteiger partial charge in [0.25, 0.3) is 0 Å². The first kappa shape index (κ1) is 24.2. The van der Waals surface area contributed by atoms with Gasteiger partial charge in [-0.15, -0.1) is 0 Å². The molecular weight excluding hydrogens is 364 g/mol. The van der Waals surface area contributed by atoms with E-state index >= 15 is 0 Å². The molecule has 160 valence electrons. The van der Waals surface area contributed by atoms with Crippen LogP contribution in [0.5, 0.6) is 0 Å². The van der Waals surface area contributed by atoms with Crippen molar-refractivity contribution >= 4 is 15.8 Å². The Hall–Kier alpha value is -0.860. The summed E-state index contributed by atoms with van der Waals surface area (Å²) in [6, 6.07) is 0.450. The molecule has 1 unspecified atom stereocenters. The lowest BCUT2D eigenvalue weighted by Crippen LogP contribution is -2.51. The number of sulfone groups is 1. The predicted molar refractivity (Wildman–Crippen MR) is 113 cm³/mol. The summed E-state index contributed by atoms with van der Waals surface area (Å²) < 4.78 is 28.3. The van der Waals surface area contributed by atoms with Crippen LogP contribution in [0.1, 0.15) is 40.5 Å². The van der Waals surface area contributed by atoms with Gasteiger partial charge < -0.3 is 15.4 Å². The van der Waals surface area contributed by atoms with Crippen LogP contribution in [0.4, 0.5) is 0 Å². The molecule has 0 amide bonds. The summed E-state index contributed by atoms with van der Waals surface area (Å²) in [5, 5.41) is 6.81. The summed E-state index contributed by atoms with van der Waals surface area (Å²) in [5.41, 5.74) is -0.123. The SMILES string of the molecule is CN=C(NCC(CC(C)C)N1CCOCC1)NCC(C)(C)CCS(C)(=O)=O. The molecule has 1 aliphatic heterocycles. The minimum atomic E-state index is -2.94. The second-order valence-corrected chi connectivity index (χ2v) is 11.0. The number of guanidine groups is 1. The summed E-state index contributed by atoms with van der Waals surface area (Å²) in [4.78, 5) is 6.83. The topological polar surface area (TPSA) is 83.0 Å². The monoisotopic (exact) mass is 404 g/mol. The van der Waals surface area contributed by atoms with Crippen LogP contribution in [0, 0.1) is 11.3 Å². The van der Waals surface area contributed by atoms with E-state index in [2.05, 4.69) is 48.2 Å². The van der Waals surface area contributed by atoms with Gasteiger partial charge in [-0.2, -0.15) is 0 Å². The van der Waals surface area contributed by atoms with Crippen LogP contribution in [0.25, 0.3) is 0 Å². The smallest absolute Gasteiger partial charge is 0.191 e. The van der Waals surface area contributed by atoms with Gasteiger partial charge >= 0.3 is 0 Å². The van der Waals surface area contributed by atoms with Gasteiger partial charge in [0.1, 0.15) is 9.84 Å². The summed E-state index contributed by atoms with van der Waals surface area (Å²) in [7, 11) is -1.17. The second-order valence-electron chi connectivity index (χ2n) is 8.78. The first-order valence-electron chi connectivity index (χ1n) is 9.96. The van der Waals surface area contributed by atoms with Crippen molar-refractivity contribution < 1.29 is 13.2 Å². The fourth-order valence-corrected chi connectivity index (χ4v) is 4.08. The Morgan fingerprint density at radius 3 is 2.37 bits per heavy atom. The number of nitrogens with one attached hydrogen (secondary N) is 2. The molecule has 1 saturated heterocycles. The van der Waals surface area contributed by atoms with Gasteiger partial charge in [-0.05, 0) is 24.2 Å². The van der Waals surface area contributed by atoms with Crippen molar-refractivity contribution in [2.24, 2.45) is 16.3 Å². The van der Waals surface area contributed by atoms with E-state index in [-0.39, 0.29) is 11.2 Å². The largest absolute Gasteiger partial charge is 0.379 e. The number of morpholine rings is 1. The van der Waals surface area contributed by atoms with E-state index in [0.717, 1.165) is 45.2 Å². The number of rotatable bonds is 10. The van der Waals surface area contributed by atoms with E-state index < -0.39 is 9.84 Å². The van der Waals surface area contributed by atoms with Crippen LogP contribution in [0.2, 0.25) is 0 Å². The lowest BCUT2D eigenvalue weighted by molar-refractivity contribution is 0.0132. The average Bonchev–Trinajstić information content (AvgIpc) is 2.59. The van der Waals surface area contributed by atoms with Crippen LogP contribution in [0.3, 0.4) is 0 Å².